The average molecular weight is 323 g/mol. The van der Waals surface area contributed by atoms with Crippen LogP contribution in [0.5, 0.6) is 0 Å². The molecule has 24 heavy (non-hydrogen) atoms. The Bertz CT molecular complexity index is 664. The van der Waals surface area contributed by atoms with E-state index in [-0.39, 0.29) is 11.9 Å². The van der Waals surface area contributed by atoms with Crippen molar-refractivity contribution >= 4 is 17.3 Å². The lowest BCUT2D eigenvalue weighted by Gasteiger charge is -2.30. The van der Waals surface area contributed by atoms with Crippen LogP contribution < -0.4 is 11.1 Å². The van der Waals surface area contributed by atoms with E-state index in [1.807, 2.05) is 48.5 Å². The summed E-state index contributed by atoms with van der Waals surface area (Å²) < 4.78 is 0. The van der Waals surface area contributed by atoms with Crippen molar-refractivity contribution in [2.75, 3.05) is 24.1 Å². The fourth-order valence-electron chi connectivity index (χ4n) is 3.33. The molecule has 1 amide bonds. The maximum absolute atomic E-state index is 13.1. The van der Waals surface area contributed by atoms with Gasteiger partial charge < -0.3 is 11.1 Å². The molecule has 0 aromatic heterocycles. The maximum atomic E-state index is 13.1. The molecule has 1 atom stereocenters. The van der Waals surface area contributed by atoms with E-state index >= 15 is 0 Å². The van der Waals surface area contributed by atoms with Crippen LogP contribution in [0.3, 0.4) is 0 Å². The Kier molecular flexibility index (Phi) is 5.49. The van der Waals surface area contributed by atoms with E-state index in [2.05, 4.69) is 10.2 Å². The van der Waals surface area contributed by atoms with Crippen LogP contribution in [0.25, 0.3) is 0 Å². The molecule has 126 valence electrons. The fourth-order valence-corrected chi connectivity index (χ4v) is 3.33. The Hall–Kier alpha value is -2.33. The van der Waals surface area contributed by atoms with E-state index in [4.69, 9.17) is 5.73 Å². The first-order valence-electron chi connectivity index (χ1n) is 8.70. The number of nitrogens with two attached hydrogens (primary N) is 1. The van der Waals surface area contributed by atoms with Gasteiger partial charge in [-0.05, 0) is 43.6 Å². The molecule has 4 nitrogen and oxygen atoms in total. The average Bonchev–Trinajstić information content (AvgIpc) is 2.87. The van der Waals surface area contributed by atoms with Gasteiger partial charge in [-0.2, -0.15) is 0 Å². The lowest BCUT2D eigenvalue weighted by atomic mass is 10.0. The third-order valence-corrected chi connectivity index (χ3v) is 4.59. The molecule has 1 aliphatic rings. The van der Waals surface area contributed by atoms with Crippen molar-refractivity contribution < 1.29 is 4.79 Å². The summed E-state index contributed by atoms with van der Waals surface area (Å²) in [6, 6.07) is 17.2. The Morgan fingerprint density at radius 3 is 2.21 bits per heavy atom. The topological polar surface area (TPSA) is 58.4 Å². The summed E-state index contributed by atoms with van der Waals surface area (Å²) >= 11 is 0. The molecule has 0 bridgehead atoms. The van der Waals surface area contributed by atoms with Gasteiger partial charge >= 0.3 is 0 Å². The molecule has 1 fully saturated rings. The van der Waals surface area contributed by atoms with Crippen molar-refractivity contribution in [1.82, 2.24) is 4.90 Å². The monoisotopic (exact) mass is 323 g/mol. The van der Waals surface area contributed by atoms with Gasteiger partial charge in [-0.15, -0.1) is 0 Å². The molecule has 1 aliphatic heterocycles. The van der Waals surface area contributed by atoms with Gasteiger partial charge in [0.2, 0.25) is 5.91 Å². The highest BCUT2D eigenvalue weighted by Crippen LogP contribution is 2.27. The minimum Gasteiger partial charge on any atom is -0.397 e. The second kappa shape index (κ2) is 7.97. The van der Waals surface area contributed by atoms with E-state index in [1.165, 1.54) is 12.8 Å². The first-order chi connectivity index (χ1) is 11.8. The van der Waals surface area contributed by atoms with Gasteiger partial charge in [0.15, 0.2) is 0 Å². The number of hydrogen-bond acceptors (Lipinski definition) is 3. The third kappa shape index (κ3) is 3.95. The van der Waals surface area contributed by atoms with E-state index in [0.717, 1.165) is 31.5 Å². The summed E-state index contributed by atoms with van der Waals surface area (Å²) in [6.07, 6.45) is 4.77. The molecule has 1 heterocycles. The summed E-state index contributed by atoms with van der Waals surface area (Å²) in [4.78, 5) is 15.4. The van der Waals surface area contributed by atoms with Gasteiger partial charge in [-0.1, -0.05) is 55.3 Å². The highest BCUT2D eigenvalue weighted by atomic mass is 16.2. The molecule has 1 unspecified atom stereocenters. The maximum Gasteiger partial charge on any atom is 0.246 e. The summed E-state index contributed by atoms with van der Waals surface area (Å²) in [5.41, 5.74) is 8.29. The van der Waals surface area contributed by atoms with Gasteiger partial charge in [0.05, 0.1) is 11.4 Å². The predicted molar refractivity (Wildman–Crippen MR) is 98.7 cm³/mol. The quantitative estimate of drug-likeness (QED) is 0.841. The summed E-state index contributed by atoms with van der Waals surface area (Å²) in [5, 5.41) is 3.02. The highest BCUT2D eigenvalue weighted by Gasteiger charge is 2.28. The van der Waals surface area contributed by atoms with Gasteiger partial charge in [-0.25, -0.2) is 0 Å². The van der Waals surface area contributed by atoms with E-state index < -0.39 is 0 Å². The molecular weight excluding hydrogens is 298 g/mol. The molecular formula is C20H25N3O. The number of amides is 1. The number of likely N-dealkylation sites (tertiary alicyclic amines) is 1. The molecule has 2 aromatic carbocycles. The molecule has 0 spiro atoms. The van der Waals surface area contributed by atoms with E-state index in [0.29, 0.717) is 11.4 Å². The summed E-state index contributed by atoms with van der Waals surface area (Å²) in [5.74, 6) is -0.0130. The molecule has 1 saturated heterocycles. The minimum absolute atomic E-state index is 0.0130. The highest BCUT2D eigenvalue weighted by molar-refractivity contribution is 5.97. The van der Waals surface area contributed by atoms with Crippen LogP contribution in [0.2, 0.25) is 0 Å². The van der Waals surface area contributed by atoms with Crippen LogP contribution in [0.1, 0.15) is 37.3 Å². The van der Waals surface area contributed by atoms with Crippen molar-refractivity contribution in [2.45, 2.75) is 31.7 Å². The first-order valence-corrected chi connectivity index (χ1v) is 8.70. The second-order valence-electron chi connectivity index (χ2n) is 6.34. The van der Waals surface area contributed by atoms with Gasteiger partial charge in [0.1, 0.15) is 6.04 Å². The van der Waals surface area contributed by atoms with Gasteiger partial charge in [0, 0.05) is 0 Å². The van der Waals surface area contributed by atoms with E-state index in [1.54, 1.807) is 6.07 Å². The number of hydrogen-bond donors (Lipinski definition) is 2. The number of rotatable bonds is 4. The number of nitrogen functional groups attached to an aromatic ring is 1. The number of carbonyl (C=O) groups is 1. The van der Waals surface area contributed by atoms with Crippen molar-refractivity contribution in [3.63, 3.8) is 0 Å². The SMILES string of the molecule is Nc1ccccc1NC(=O)C(c1ccccc1)N1CCCCCC1. The van der Waals surface area contributed by atoms with Crippen molar-refractivity contribution in [3.05, 3.63) is 60.2 Å². The number of benzene rings is 2. The fraction of sp³-hybridized carbons (Fsp3) is 0.350. The number of nitrogens with zero attached hydrogens (tertiary/aromatic N) is 1. The Labute approximate surface area is 143 Å². The normalized spacial score (nSPS) is 17.0. The second-order valence-corrected chi connectivity index (χ2v) is 6.34. The molecule has 0 aliphatic carbocycles. The van der Waals surface area contributed by atoms with Crippen LogP contribution in [-0.2, 0) is 4.79 Å². The van der Waals surface area contributed by atoms with Crippen molar-refractivity contribution in [2.24, 2.45) is 0 Å². The lowest BCUT2D eigenvalue weighted by molar-refractivity contribution is -0.121. The predicted octanol–water partition coefficient (Wildman–Crippen LogP) is 3.82. The molecule has 0 saturated carbocycles. The van der Waals surface area contributed by atoms with Crippen LogP contribution in [0, 0.1) is 0 Å². The molecule has 4 heteroatoms. The van der Waals surface area contributed by atoms with Gasteiger partial charge in [0.25, 0.3) is 0 Å². The smallest absolute Gasteiger partial charge is 0.246 e. The standard InChI is InChI=1S/C20H25N3O/c21-17-12-6-7-13-18(17)22-20(24)19(16-10-4-3-5-11-16)23-14-8-1-2-9-15-23/h3-7,10-13,19H,1-2,8-9,14-15,21H2,(H,22,24). The molecule has 3 N–H and O–H groups in total. The Balaban J connectivity index is 1.86. The van der Waals surface area contributed by atoms with Crippen LogP contribution in [0.15, 0.2) is 54.6 Å². The minimum atomic E-state index is -0.274. The number of carbonyl (C=O) groups excluding carboxylic acids is 1. The lowest BCUT2D eigenvalue weighted by Crippen LogP contribution is -2.38. The third-order valence-electron chi connectivity index (χ3n) is 4.59. The Morgan fingerprint density at radius 1 is 0.917 bits per heavy atom. The zero-order chi connectivity index (χ0) is 16.8. The van der Waals surface area contributed by atoms with Gasteiger partial charge in [-0.3, -0.25) is 9.69 Å². The molecule has 0 radical (unpaired) electrons. The van der Waals surface area contributed by atoms with Crippen LogP contribution in [-0.4, -0.2) is 23.9 Å². The van der Waals surface area contributed by atoms with Crippen molar-refractivity contribution in [1.29, 1.82) is 0 Å². The number of anilines is 2. The zero-order valence-corrected chi connectivity index (χ0v) is 13.9. The Morgan fingerprint density at radius 2 is 1.54 bits per heavy atom. The van der Waals surface area contributed by atoms with E-state index in [9.17, 15) is 4.79 Å². The van der Waals surface area contributed by atoms with Crippen molar-refractivity contribution in [3.8, 4) is 0 Å². The zero-order valence-electron chi connectivity index (χ0n) is 13.9. The first kappa shape index (κ1) is 16.5. The summed E-state index contributed by atoms with van der Waals surface area (Å²) in [7, 11) is 0. The molecule has 2 aromatic rings. The van der Waals surface area contributed by atoms with Crippen LogP contribution >= 0.6 is 0 Å². The van der Waals surface area contributed by atoms with Crippen LogP contribution in [0.4, 0.5) is 11.4 Å². The number of nitrogens with one attached hydrogen (secondary N) is 1. The summed E-state index contributed by atoms with van der Waals surface area (Å²) in [6.45, 7) is 1.91. The number of para-hydroxylation sites is 2. The molecule has 3 rings (SSSR count). The largest absolute Gasteiger partial charge is 0.397 e.